The van der Waals surface area contributed by atoms with Gasteiger partial charge in [-0.05, 0) is 0 Å². The van der Waals surface area contributed by atoms with Crippen LogP contribution in [0.4, 0.5) is 22.0 Å². The number of benzene rings is 1. The summed E-state index contributed by atoms with van der Waals surface area (Å²) in [5.41, 5.74) is -0.407. The summed E-state index contributed by atoms with van der Waals surface area (Å²) >= 11 is 0. The van der Waals surface area contributed by atoms with E-state index in [1.54, 1.807) is 0 Å². The summed E-state index contributed by atoms with van der Waals surface area (Å²) < 4.78 is 60.9. The second kappa shape index (κ2) is 3.98. The fourth-order valence-electron chi connectivity index (χ4n) is 1.14. The molecule has 1 aromatic carbocycles. The van der Waals surface area contributed by atoms with Crippen LogP contribution >= 0.6 is 0 Å². The van der Waals surface area contributed by atoms with Crippen molar-refractivity contribution in [1.29, 1.82) is 0 Å². The van der Waals surface area contributed by atoms with Gasteiger partial charge in [-0.2, -0.15) is 13.2 Å². The van der Waals surface area contributed by atoms with Crippen molar-refractivity contribution in [3.63, 3.8) is 0 Å². The number of hydrogen-bond donors (Lipinski definition) is 0. The highest BCUT2D eigenvalue weighted by Crippen LogP contribution is 2.23. The molecule has 0 saturated carbocycles. The lowest BCUT2D eigenvalue weighted by Gasteiger charge is -2.15. The predicted molar refractivity (Wildman–Crippen MR) is 43.9 cm³/mol. The van der Waals surface area contributed by atoms with Gasteiger partial charge in [0.1, 0.15) is 0 Å². The first-order chi connectivity index (χ1) is 6.43. The minimum absolute atomic E-state index is 0.407. The third kappa shape index (κ3) is 2.46. The van der Waals surface area contributed by atoms with Crippen LogP contribution < -0.4 is 5.46 Å². The molecular weight excluding hydrogens is 202 g/mol. The van der Waals surface area contributed by atoms with Crippen molar-refractivity contribution in [3.8, 4) is 0 Å². The van der Waals surface area contributed by atoms with Crippen LogP contribution in [0.15, 0.2) is 30.3 Å². The average molecular weight is 208 g/mol. The van der Waals surface area contributed by atoms with E-state index in [0.29, 0.717) is 0 Å². The molecule has 0 fully saturated rings. The van der Waals surface area contributed by atoms with Gasteiger partial charge >= 0.3 is 12.8 Å². The van der Waals surface area contributed by atoms with Crippen LogP contribution in [0.2, 0.25) is 0 Å². The molecule has 0 bridgehead atoms. The van der Waals surface area contributed by atoms with Crippen molar-refractivity contribution in [2.45, 2.75) is 12.4 Å². The van der Waals surface area contributed by atoms with E-state index in [-0.39, 0.29) is 0 Å². The van der Waals surface area contributed by atoms with Gasteiger partial charge < -0.3 is 0 Å². The normalized spacial score (nSPS) is 11.9. The monoisotopic (exact) mass is 208 g/mol. The maximum atomic E-state index is 12.2. The summed E-state index contributed by atoms with van der Waals surface area (Å²) in [7, 11) is 0. The molecule has 76 valence electrons. The fourth-order valence-corrected chi connectivity index (χ4v) is 1.14. The van der Waals surface area contributed by atoms with Gasteiger partial charge in [0.15, 0.2) is 0 Å². The second-order valence-electron chi connectivity index (χ2n) is 2.76. The summed E-state index contributed by atoms with van der Waals surface area (Å²) in [4.78, 5) is 0. The van der Waals surface area contributed by atoms with Crippen LogP contribution in [0.5, 0.6) is 0 Å². The van der Waals surface area contributed by atoms with E-state index in [9.17, 15) is 22.0 Å². The summed E-state index contributed by atoms with van der Waals surface area (Å²) in [6.45, 7) is -2.69. The van der Waals surface area contributed by atoms with Crippen LogP contribution in [0.1, 0.15) is 0 Å². The zero-order valence-electron chi connectivity index (χ0n) is 6.93. The minimum atomic E-state index is -4.91. The summed E-state index contributed by atoms with van der Waals surface area (Å²) in [5, 5.41) is 0. The third-order valence-corrected chi connectivity index (χ3v) is 1.76. The van der Waals surface area contributed by atoms with Crippen molar-refractivity contribution >= 4 is 12.2 Å². The third-order valence-electron chi connectivity index (χ3n) is 1.76. The van der Waals surface area contributed by atoms with E-state index < -0.39 is 24.6 Å². The highest BCUT2D eigenvalue weighted by Gasteiger charge is 2.51. The van der Waals surface area contributed by atoms with Crippen molar-refractivity contribution in [2.24, 2.45) is 0 Å². The van der Waals surface area contributed by atoms with Gasteiger partial charge in [-0.25, -0.2) is 8.78 Å². The Balaban J connectivity index is 3.02. The van der Waals surface area contributed by atoms with Crippen LogP contribution in [-0.4, -0.2) is 19.1 Å². The highest BCUT2D eigenvalue weighted by molar-refractivity contribution is 6.75. The smallest absolute Gasteiger partial charge is 0.220 e. The topological polar surface area (TPSA) is 0 Å². The number of hydrogen-bond acceptors (Lipinski definition) is 0. The molecule has 0 radical (unpaired) electrons. The van der Waals surface area contributed by atoms with Gasteiger partial charge in [-0.15, -0.1) is 0 Å². The summed E-state index contributed by atoms with van der Waals surface area (Å²) in [5.74, 6) is 0. The van der Waals surface area contributed by atoms with Crippen LogP contribution in [-0.2, 0) is 0 Å². The number of alkyl halides is 5. The Hall–Kier alpha value is -1.07. The predicted octanol–water partition coefficient (Wildman–Crippen LogP) is 2.29. The Morgan fingerprint density at radius 2 is 1.50 bits per heavy atom. The Morgan fingerprint density at radius 1 is 1.00 bits per heavy atom. The van der Waals surface area contributed by atoms with Gasteiger partial charge in [0.2, 0.25) is 6.32 Å². The molecule has 1 rings (SSSR count). The van der Waals surface area contributed by atoms with Crippen LogP contribution in [0, 0.1) is 0 Å². The molecule has 0 aliphatic carbocycles. The van der Waals surface area contributed by atoms with Gasteiger partial charge in [0.25, 0.3) is 0 Å². The molecule has 0 spiro atoms. The Bertz CT molecular complexity index is 282. The molecule has 0 aliphatic heterocycles. The number of halogens is 5. The molecule has 0 atom stereocenters. The first-order valence-electron chi connectivity index (χ1n) is 3.82. The van der Waals surface area contributed by atoms with Crippen LogP contribution in [0.3, 0.4) is 0 Å². The van der Waals surface area contributed by atoms with E-state index in [4.69, 9.17) is 0 Å². The molecule has 0 heterocycles. The fraction of sp³-hybridized carbons (Fsp3) is 0.250. The lowest BCUT2D eigenvalue weighted by atomic mass is 9.44. The molecule has 1 aromatic rings. The van der Waals surface area contributed by atoms with Crippen molar-refractivity contribution in [2.75, 3.05) is 0 Å². The van der Waals surface area contributed by atoms with Crippen molar-refractivity contribution in [1.82, 2.24) is 0 Å². The molecule has 0 nitrogen and oxygen atoms in total. The Morgan fingerprint density at radius 3 is 1.86 bits per heavy atom. The molecule has 0 saturated heterocycles. The molecule has 0 N–H and O–H groups in total. The summed E-state index contributed by atoms with van der Waals surface area (Å²) in [6, 6.07) is 6.17. The summed E-state index contributed by atoms with van der Waals surface area (Å²) in [6.07, 6.45) is -8.34. The maximum Gasteiger partial charge on any atom is 0.385 e. The van der Waals surface area contributed by atoms with E-state index in [1.165, 1.54) is 18.2 Å². The van der Waals surface area contributed by atoms with Crippen molar-refractivity contribution < 1.29 is 22.0 Å². The Labute approximate surface area is 77.8 Å². The SMILES string of the molecule is FC(F)B(c1ccccc1)C(F)(F)F. The second-order valence-corrected chi connectivity index (χ2v) is 2.76. The van der Waals surface area contributed by atoms with E-state index in [2.05, 4.69) is 0 Å². The van der Waals surface area contributed by atoms with Gasteiger partial charge in [-0.1, -0.05) is 35.8 Å². The molecule has 0 unspecified atom stereocenters. The lowest BCUT2D eigenvalue weighted by molar-refractivity contribution is -0.0564. The van der Waals surface area contributed by atoms with E-state index in [1.807, 2.05) is 0 Å². The molecule has 0 aliphatic rings. The first kappa shape index (κ1) is 11.0. The molecule has 0 aromatic heterocycles. The molecule has 14 heavy (non-hydrogen) atoms. The van der Waals surface area contributed by atoms with Gasteiger partial charge in [0, 0.05) is 0 Å². The zero-order valence-corrected chi connectivity index (χ0v) is 6.93. The molecule has 0 amide bonds. The van der Waals surface area contributed by atoms with E-state index >= 15 is 0 Å². The first-order valence-corrected chi connectivity index (χ1v) is 3.82. The highest BCUT2D eigenvalue weighted by atomic mass is 19.4. The molecular formula is C8H6BF5. The van der Waals surface area contributed by atoms with Crippen LogP contribution in [0.25, 0.3) is 0 Å². The van der Waals surface area contributed by atoms with Gasteiger partial charge in [0.05, 0.1) is 0 Å². The average Bonchev–Trinajstić information content (AvgIpc) is 2.02. The van der Waals surface area contributed by atoms with Crippen molar-refractivity contribution in [3.05, 3.63) is 30.3 Å². The molecule has 6 heteroatoms. The zero-order chi connectivity index (χ0) is 10.8. The minimum Gasteiger partial charge on any atom is -0.220 e. The lowest BCUT2D eigenvalue weighted by Crippen LogP contribution is -2.50. The number of rotatable bonds is 2. The quantitative estimate of drug-likeness (QED) is 0.516. The van der Waals surface area contributed by atoms with Gasteiger partial charge in [-0.3, -0.25) is 0 Å². The maximum absolute atomic E-state index is 12.2. The largest absolute Gasteiger partial charge is 0.385 e. The Kier molecular flexibility index (Phi) is 3.13. The standard InChI is InChI=1S/C8H6BF5/c10-7(11)9(8(12,13)14)6-4-2-1-3-5-6/h1-5,7H. The van der Waals surface area contributed by atoms with E-state index in [0.717, 1.165) is 12.1 Å².